The predicted molar refractivity (Wildman–Crippen MR) is 190 cm³/mol. The van der Waals surface area contributed by atoms with E-state index in [2.05, 4.69) is 56.2 Å². The lowest BCUT2D eigenvalue weighted by atomic mass is 9.89. The largest absolute Gasteiger partial charge is 0.457 e. The van der Waals surface area contributed by atoms with E-state index in [0.29, 0.717) is 17.3 Å². The highest BCUT2D eigenvalue weighted by atomic mass is 19.1. The SMILES string of the molecule is CCCCc1cc(C)cc(CCCC)c1-c1cnn(-c2cccc(Oc3ccc4c5ccccc5n(-c5cc(F)ccn5)c4c3)c2)c1. The molecule has 0 aliphatic heterocycles. The van der Waals surface area contributed by atoms with E-state index in [9.17, 15) is 4.39 Å². The summed E-state index contributed by atoms with van der Waals surface area (Å²) in [5.74, 6) is 1.57. The minimum absolute atomic E-state index is 0.330. The number of hydrogen-bond donors (Lipinski definition) is 0. The summed E-state index contributed by atoms with van der Waals surface area (Å²) in [5, 5.41) is 6.93. The van der Waals surface area contributed by atoms with Crippen LogP contribution < -0.4 is 4.74 Å². The molecule has 3 heterocycles. The first kappa shape index (κ1) is 30.4. The first-order valence-corrected chi connectivity index (χ1v) is 16.6. The number of rotatable bonds is 11. The number of benzene rings is 4. The summed E-state index contributed by atoms with van der Waals surface area (Å²) >= 11 is 0. The van der Waals surface area contributed by atoms with Crippen molar-refractivity contribution in [2.75, 3.05) is 0 Å². The maximum absolute atomic E-state index is 14.3. The number of para-hydroxylation sites is 1. The van der Waals surface area contributed by atoms with Gasteiger partial charge in [0, 0.05) is 46.9 Å². The Morgan fingerprint density at radius 3 is 2.26 bits per heavy atom. The van der Waals surface area contributed by atoms with Gasteiger partial charge in [-0.2, -0.15) is 5.10 Å². The van der Waals surface area contributed by atoms with Crippen LogP contribution >= 0.6 is 0 Å². The third kappa shape index (κ3) is 6.16. The molecule has 0 N–H and O–H groups in total. The molecule has 5 nitrogen and oxygen atoms in total. The number of unbranched alkanes of at least 4 members (excludes halogenated alkanes) is 2. The van der Waals surface area contributed by atoms with Gasteiger partial charge >= 0.3 is 0 Å². The molecule has 0 amide bonds. The number of hydrogen-bond acceptors (Lipinski definition) is 3. The zero-order chi connectivity index (χ0) is 32.3. The average Bonchev–Trinajstić information content (AvgIpc) is 3.69. The van der Waals surface area contributed by atoms with Gasteiger partial charge in [-0.15, -0.1) is 0 Å². The Morgan fingerprint density at radius 2 is 1.49 bits per heavy atom. The van der Waals surface area contributed by atoms with E-state index in [0.717, 1.165) is 45.9 Å². The van der Waals surface area contributed by atoms with Crippen molar-refractivity contribution in [1.82, 2.24) is 19.3 Å². The second-order valence-corrected chi connectivity index (χ2v) is 12.3. The quantitative estimate of drug-likeness (QED) is 0.144. The number of aromatic nitrogens is 4. The molecule has 0 aliphatic rings. The minimum Gasteiger partial charge on any atom is -0.457 e. The lowest BCUT2D eigenvalue weighted by Gasteiger charge is -2.15. The van der Waals surface area contributed by atoms with Crippen LogP contribution in [-0.4, -0.2) is 19.3 Å². The topological polar surface area (TPSA) is 44.9 Å². The molecule has 6 heteroatoms. The van der Waals surface area contributed by atoms with Crippen molar-refractivity contribution >= 4 is 21.8 Å². The van der Waals surface area contributed by atoms with E-state index in [1.165, 1.54) is 66.3 Å². The normalized spacial score (nSPS) is 11.5. The van der Waals surface area contributed by atoms with E-state index in [4.69, 9.17) is 9.84 Å². The summed E-state index contributed by atoms with van der Waals surface area (Å²) in [6.45, 7) is 6.71. The second-order valence-electron chi connectivity index (χ2n) is 12.3. The number of nitrogens with zero attached hydrogens (tertiary/aromatic N) is 4. The van der Waals surface area contributed by atoms with Crippen molar-refractivity contribution in [2.24, 2.45) is 0 Å². The van der Waals surface area contributed by atoms with Gasteiger partial charge < -0.3 is 4.74 Å². The molecule has 0 unspecified atom stereocenters. The van der Waals surface area contributed by atoms with Gasteiger partial charge in [-0.3, -0.25) is 4.57 Å². The maximum Gasteiger partial charge on any atom is 0.140 e. The zero-order valence-corrected chi connectivity index (χ0v) is 27.2. The molecule has 47 heavy (non-hydrogen) atoms. The molecule has 0 atom stereocenters. The lowest BCUT2D eigenvalue weighted by molar-refractivity contribution is 0.483. The maximum atomic E-state index is 14.3. The molecular formula is C41H39FN4O. The van der Waals surface area contributed by atoms with Gasteiger partial charge in [-0.05, 0) is 85.7 Å². The number of halogens is 1. The first-order chi connectivity index (χ1) is 23.0. The molecule has 236 valence electrons. The van der Waals surface area contributed by atoms with Gasteiger partial charge in [0.15, 0.2) is 0 Å². The summed E-state index contributed by atoms with van der Waals surface area (Å²) in [5.41, 5.74) is 9.42. The van der Waals surface area contributed by atoms with Crippen LogP contribution in [0.2, 0.25) is 0 Å². The van der Waals surface area contributed by atoms with Crippen LogP contribution in [0.1, 0.15) is 56.2 Å². The zero-order valence-electron chi connectivity index (χ0n) is 27.2. The van der Waals surface area contributed by atoms with Gasteiger partial charge in [-0.25, -0.2) is 14.1 Å². The van der Waals surface area contributed by atoms with Crippen LogP contribution in [0.4, 0.5) is 4.39 Å². The molecule has 0 aliphatic carbocycles. The van der Waals surface area contributed by atoms with Crippen molar-refractivity contribution in [3.8, 4) is 34.1 Å². The Labute approximate surface area is 275 Å². The highest BCUT2D eigenvalue weighted by Gasteiger charge is 2.16. The van der Waals surface area contributed by atoms with Gasteiger partial charge in [0.05, 0.1) is 22.9 Å². The Balaban J connectivity index is 1.22. The van der Waals surface area contributed by atoms with Crippen LogP contribution in [-0.2, 0) is 12.8 Å². The predicted octanol–water partition coefficient (Wildman–Crippen LogP) is 11.0. The van der Waals surface area contributed by atoms with Gasteiger partial charge in [-0.1, -0.05) is 68.7 Å². The van der Waals surface area contributed by atoms with E-state index in [-0.39, 0.29) is 5.82 Å². The highest BCUT2D eigenvalue weighted by molar-refractivity contribution is 6.09. The van der Waals surface area contributed by atoms with Crippen LogP contribution in [0.3, 0.4) is 0 Å². The van der Waals surface area contributed by atoms with Gasteiger partial charge in [0.1, 0.15) is 23.1 Å². The number of pyridine rings is 1. The molecule has 0 saturated heterocycles. The summed E-state index contributed by atoms with van der Waals surface area (Å²) in [7, 11) is 0. The van der Waals surface area contributed by atoms with E-state index >= 15 is 0 Å². The van der Waals surface area contributed by atoms with Crippen LogP contribution in [0.5, 0.6) is 11.5 Å². The van der Waals surface area contributed by atoms with Crippen molar-refractivity contribution in [3.63, 3.8) is 0 Å². The summed E-state index contributed by atoms with van der Waals surface area (Å²) < 4.78 is 24.6. The molecule has 4 aromatic carbocycles. The monoisotopic (exact) mass is 622 g/mol. The van der Waals surface area contributed by atoms with Crippen LogP contribution in [0, 0.1) is 12.7 Å². The standard InChI is InChI=1S/C41H39FN4O/c1-4-6-11-29-21-28(3)22-30(12-7-5-2)41(29)31-26-44-45(27-31)33-13-10-14-34(24-33)47-35-17-18-37-36-15-8-9-16-38(36)46(39(37)25-35)40-23-32(42)19-20-43-40/h8-10,13-27H,4-7,11-12H2,1-3H3. The summed E-state index contributed by atoms with van der Waals surface area (Å²) in [4.78, 5) is 4.48. The van der Waals surface area contributed by atoms with Crippen LogP contribution in [0.25, 0.3) is 44.4 Å². The fourth-order valence-electron chi connectivity index (χ4n) is 6.64. The molecule has 3 aromatic heterocycles. The van der Waals surface area contributed by atoms with Gasteiger partial charge in [0.25, 0.3) is 0 Å². The van der Waals surface area contributed by atoms with Crippen molar-refractivity contribution in [2.45, 2.75) is 59.3 Å². The Bertz CT molecular complexity index is 2160. The number of aryl methyl sites for hydroxylation is 3. The number of ether oxygens (including phenoxy) is 1. The highest BCUT2D eigenvalue weighted by Crippen LogP contribution is 2.36. The van der Waals surface area contributed by atoms with E-state index < -0.39 is 0 Å². The smallest absolute Gasteiger partial charge is 0.140 e. The van der Waals surface area contributed by atoms with E-state index in [1.54, 1.807) is 0 Å². The summed E-state index contributed by atoms with van der Waals surface area (Å²) in [6, 6.07) is 29.6. The fraction of sp³-hybridized carbons (Fsp3) is 0.220. The molecule has 0 bridgehead atoms. The molecule has 0 saturated carbocycles. The van der Waals surface area contributed by atoms with E-state index in [1.807, 2.05) is 70.0 Å². The molecule has 0 spiro atoms. The Kier molecular flexibility index (Phi) is 8.58. The first-order valence-electron chi connectivity index (χ1n) is 16.6. The average molecular weight is 623 g/mol. The number of fused-ring (bicyclic) bond motifs is 3. The van der Waals surface area contributed by atoms with Crippen molar-refractivity contribution in [3.05, 3.63) is 132 Å². The van der Waals surface area contributed by atoms with Crippen molar-refractivity contribution in [1.29, 1.82) is 0 Å². The van der Waals surface area contributed by atoms with Crippen LogP contribution in [0.15, 0.2) is 110 Å². The second kappa shape index (κ2) is 13.2. The third-order valence-electron chi connectivity index (χ3n) is 8.82. The summed E-state index contributed by atoms with van der Waals surface area (Å²) in [6.07, 6.45) is 12.4. The Morgan fingerprint density at radius 1 is 0.745 bits per heavy atom. The van der Waals surface area contributed by atoms with Gasteiger partial charge in [0.2, 0.25) is 0 Å². The molecule has 7 aromatic rings. The Hall–Kier alpha value is -5.23. The molecule has 0 fully saturated rings. The molecular weight excluding hydrogens is 583 g/mol. The molecule has 0 radical (unpaired) electrons. The molecule has 7 rings (SSSR count). The van der Waals surface area contributed by atoms with Crippen molar-refractivity contribution < 1.29 is 9.13 Å². The minimum atomic E-state index is -0.330. The fourth-order valence-corrected chi connectivity index (χ4v) is 6.64. The third-order valence-corrected chi connectivity index (χ3v) is 8.82. The lowest BCUT2D eigenvalue weighted by Crippen LogP contribution is -1.99.